The third kappa shape index (κ3) is 5.55. The van der Waals surface area contributed by atoms with E-state index in [1.165, 1.54) is 6.07 Å². The van der Waals surface area contributed by atoms with Crippen molar-refractivity contribution < 1.29 is 17.9 Å². The lowest BCUT2D eigenvalue weighted by Crippen LogP contribution is -2.30. The molecular weight excluding hydrogens is 350 g/mol. The topological polar surface area (TPSA) is 72.5 Å². The Balaban J connectivity index is 2.20. The highest BCUT2D eigenvalue weighted by atomic mass is 32.2. The molecule has 1 aliphatic heterocycles. The van der Waals surface area contributed by atoms with Crippen molar-refractivity contribution >= 4 is 15.8 Å². The highest BCUT2D eigenvalue weighted by molar-refractivity contribution is 7.89. The molecule has 0 spiro atoms. The largest absolute Gasteiger partial charge is 0.492 e. The molecule has 2 rings (SSSR count). The summed E-state index contributed by atoms with van der Waals surface area (Å²) in [5.41, 5.74) is 1.53. The lowest BCUT2D eigenvalue weighted by atomic mass is 9.89. The van der Waals surface area contributed by atoms with Crippen LogP contribution in [0.1, 0.15) is 76.2 Å². The van der Waals surface area contributed by atoms with Gasteiger partial charge in [0, 0.05) is 24.4 Å². The lowest BCUT2D eigenvalue weighted by Gasteiger charge is -2.17. The minimum Gasteiger partial charge on any atom is -0.492 e. The van der Waals surface area contributed by atoms with Gasteiger partial charge in [-0.3, -0.25) is 4.79 Å². The van der Waals surface area contributed by atoms with Gasteiger partial charge >= 0.3 is 0 Å². The zero-order chi connectivity index (χ0) is 19.5. The minimum atomic E-state index is -3.71. The standard InChI is InChI=1S/C20H31NO4S/c1-14(2)21-26(23,24)18-13-16(12-15-9-11-25-19(15)18)17(22)8-6-7-10-20(3,4)5/h12-14,21H,6-11H2,1-5H3. The van der Waals surface area contributed by atoms with Gasteiger partial charge in [0.05, 0.1) is 6.61 Å². The maximum absolute atomic E-state index is 12.6. The van der Waals surface area contributed by atoms with Gasteiger partial charge in [0.2, 0.25) is 10.0 Å². The molecule has 0 saturated heterocycles. The Morgan fingerprint density at radius 3 is 2.54 bits per heavy atom. The predicted molar refractivity (Wildman–Crippen MR) is 103 cm³/mol. The number of Topliss-reactive ketones (excluding diaryl/α,β-unsaturated/α-hetero) is 1. The number of hydrogen-bond acceptors (Lipinski definition) is 4. The van der Waals surface area contributed by atoms with Crippen molar-refractivity contribution in [1.29, 1.82) is 0 Å². The van der Waals surface area contributed by atoms with E-state index < -0.39 is 10.0 Å². The zero-order valence-corrected chi connectivity index (χ0v) is 17.3. The van der Waals surface area contributed by atoms with E-state index in [1.807, 2.05) is 0 Å². The number of ketones is 1. The summed E-state index contributed by atoms with van der Waals surface area (Å²) in [5.74, 6) is 0.386. The fourth-order valence-corrected chi connectivity index (χ4v) is 4.56. The van der Waals surface area contributed by atoms with Crippen LogP contribution in [0.5, 0.6) is 5.75 Å². The van der Waals surface area contributed by atoms with Crippen LogP contribution in [0, 0.1) is 5.41 Å². The fraction of sp³-hybridized carbons (Fsp3) is 0.650. The fourth-order valence-electron chi connectivity index (χ4n) is 3.09. The van der Waals surface area contributed by atoms with Gasteiger partial charge in [-0.25, -0.2) is 13.1 Å². The molecule has 0 radical (unpaired) electrons. The molecule has 0 aliphatic carbocycles. The van der Waals surface area contributed by atoms with E-state index in [2.05, 4.69) is 25.5 Å². The summed E-state index contributed by atoms with van der Waals surface area (Å²) in [7, 11) is -3.71. The molecule has 5 nitrogen and oxygen atoms in total. The Morgan fingerprint density at radius 2 is 1.92 bits per heavy atom. The van der Waals surface area contributed by atoms with Crippen LogP contribution in [0.15, 0.2) is 17.0 Å². The second-order valence-electron chi connectivity index (χ2n) is 8.53. The Hall–Kier alpha value is -1.40. The van der Waals surface area contributed by atoms with Crippen molar-refractivity contribution in [3.8, 4) is 5.75 Å². The summed E-state index contributed by atoms with van der Waals surface area (Å²) in [4.78, 5) is 12.7. The first-order chi connectivity index (χ1) is 12.0. The molecule has 146 valence electrons. The number of hydrogen-bond donors (Lipinski definition) is 1. The Bertz CT molecular complexity index is 761. The van der Waals surface area contributed by atoms with Gasteiger partial charge in [-0.15, -0.1) is 0 Å². The van der Waals surface area contributed by atoms with Gasteiger partial charge in [0.25, 0.3) is 0 Å². The second kappa shape index (κ2) is 8.09. The van der Waals surface area contributed by atoms with Gasteiger partial charge in [0.1, 0.15) is 10.6 Å². The molecule has 0 atom stereocenters. The molecule has 0 fully saturated rings. The van der Waals surface area contributed by atoms with Crippen LogP contribution >= 0.6 is 0 Å². The van der Waals surface area contributed by atoms with Gasteiger partial charge < -0.3 is 4.74 Å². The number of ether oxygens (including phenoxy) is 1. The number of rotatable bonds is 8. The highest BCUT2D eigenvalue weighted by Crippen LogP contribution is 2.35. The van der Waals surface area contributed by atoms with Gasteiger partial charge in [-0.1, -0.05) is 27.2 Å². The third-order valence-electron chi connectivity index (χ3n) is 4.33. The number of fused-ring (bicyclic) bond motifs is 1. The summed E-state index contributed by atoms with van der Waals surface area (Å²) in [5, 5.41) is 0. The van der Waals surface area contributed by atoms with Crippen LogP contribution in [-0.2, 0) is 16.4 Å². The number of nitrogens with one attached hydrogen (secondary N) is 1. The molecule has 0 aromatic heterocycles. The maximum atomic E-state index is 12.6. The Morgan fingerprint density at radius 1 is 1.23 bits per heavy atom. The smallest absolute Gasteiger partial charge is 0.244 e. The zero-order valence-electron chi connectivity index (χ0n) is 16.5. The van der Waals surface area contributed by atoms with Crippen LogP contribution in [0.2, 0.25) is 0 Å². The van der Waals surface area contributed by atoms with E-state index in [9.17, 15) is 13.2 Å². The average molecular weight is 382 g/mol. The van der Waals surface area contributed by atoms with E-state index >= 15 is 0 Å². The molecule has 1 heterocycles. The van der Waals surface area contributed by atoms with E-state index in [0.717, 1.165) is 24.8 Å². The van der Waals surface area contributed by atoms with Crippen molar-refractivity contribution in [2.75, 3.05) is 6.61 Å². The molecule has 1 aliphatic rings. The van der Waals surface area contributed by atoms with Crippen LogP contribution in [0.3, 0.4) is 0 Å². The molecule has 1 N–H and O–H groups in total. The normalized spacial score (nSPS) is 14.4. The quantitative estimate of drug-likeness (QED) is 0.543. The summed E-state index contributed by atoms with van der Waals surface area (Å²) < 4.78 is 33.4. The Labute approximate surface area is 157 Å². The molecule has 6 heteroatoms. The molecular formula is C20H31NO4S. The van der Waals surface area contributed by atoms with Crippen molar-refractivity contribution in [3.63, 3.8) is 0 Å². The summed E-state index contributed by atoms with van der Waals surface area (Å²) >= 11 is 0. The first kappa shape index (κ1) is 20.9. The molecule has 1 aromatic rings. The summed E-state index contributed by atoms with van der Waals surface area (Å²) in [6, 6.07) is 3.04. The van der Waals surface area contributed by atoms with Gasteiger partial charge in [0.15, 0.2) is 5.78 Å². The van der Waals surface area contributed by atoms with Crippen molar-refractivity contribution in [1.82, 2.24) is 4.72 Å². The van der Waals surface area contributed by atoms with Crippen molar-refractivity contribution in [2.45, 2.75) is 77.7 Å². The minimum absolute atomic E-state index is 0.00499. The molecule has 0 saturated carbocycles. The Kier molecular flexibility index (Phi) is 6.51. The summed E-state index contributed by atoms with van der Waals surface area (Å²) in [6.45, 7) is 10.5. The number of carbonyl (C=O) groups excluding carboxylic acids is 1. The van der Waals surface area contributed by atoms with Crippen LogP contribution < -0.4 is 9.46 Å². The number of carbonyl (C=O) groups is 1. The molecule has 0 unspecified atom stereocenters. The second-order valence-corrected chi connectivity index (χ2v) is 10.2. The van der Waals surface area contributed by atoms with Crippen LogP contribution in [0.25, 0.3) is 0 Å². The SMILES string of the molecule is CC(C)NS(=O)(=O)c1cc(C(=O)CCCCC(C)(C)C)cc2c1OCC2. The monoisotopic (exact) mass is 381 g/mol. The molecule has 26 heavy (non-hydrogen) atoms. The van der Waals surface area contributed by atoms with Crippen molar-refractivity contribution in [3.05, 3.63) is 23.3 Å². The first-order valence-corrected chi connectivity index (χ1v) is 10.8. The lowest BCUT2D eigenvalue weighted by molar-refractivity contribution is 0.0977. The number of sulfonamides is 1. The van der Waals surface area contributed by atoms with E-state index in [1.54, 1.807) is 19.9 Å². The maximum Gasteiger partial charge on any atom is 0.244 e. The van der Waals surface area contributed by atoms with E-state index in [0.29, 0.717) is 30.8 Å². The molecule has 0 amide bonds. The van der Waals surface area contributed by atoms with Crippen LogP contribution in [0.4, 0.5) is 0 Å². The predicted octanol–water partition coefficient (Wildman–Crippen LogP) is 4.10. The number of benzene rings is 1. The third-order valence-corrected chi connectivity index (χ3v) is 6.00. The molecule has 1 aromatic carbocycles. The van der Waals surface area contributed by atoms with E-state index in [-0.39, 0.29) is 22.1 Å². The van der Waals surface area contributed by atoms with E-state index in [4.69, 9.17) is 4.74 Å². The van der Waals surface area contributed by atoms with Gasteiger partial charge in [-0.05, 0) is 49.8 Å². The average Bonchev–Trinajstić information content (AvgIpc) is 2.96. The van der Waals surface area contributed by atoms with Crippen LogP contribution in [-0.4, -0.2) is 26.8 Å². The van der Waals surface area contributed by atoms with Crippen molar-refractivity contribution in [2.24, 2.45) is 5.41 Å². The molecule has 0 bridgehead atoms. The van der Waals surface area contributed by atoms with Gasteiger partial charge in [-0.2, -0.15) is 0 Å². The number of unbranched alkanes of at least 4 members (excludes halogenated alkanes) is 1. The highest BCUT2D eigenvalue weighted by Gasteiger charge is 2.28. The first-order valence-electron chi connectivity index (χ1n) is 9.35. The summed E-state index contributed by atoms with van der Waals surface area (Å²) in [6.07, 6.45) is 3.94.